The van der Waals surface area contributed by atoms with E-state index in [1.165, 1.54) is 0 Å². The van der Waals surface area contributed by atoms with Gasteiger partial charge in [-0.15, -0.1) is 0 Å². The number of methoxy groups -OCH3 is 1. The summed E-state index contributed by atoms with van der Waals surface area (Å²) in [6.07, 6.45) is 0. The van der Waals surface area contributed by atoms with Crippen molar-refractivity contribution in [3.05, 3.63) is 0 Å². The summed E-state index contributed by atoms with van der Waals surface area (Å²) in [6, 6.07) is -0.0741. The first-order valence-electron chi connectivity index (χ1n) is 1.97. The number of rotatable bonds is 2. The van der Waals surface area contributed by atoms with Gasteiger partial charge in [-0.3, -0.25) is 5.73 Å². The molecule has 0 aliphatic heterocycles. The van der Waals surface area contributed by atoms with Crippen LogP contribution in [0.3, 0.4) is 0 Å². The Hall–Kier alpha value is -0.0800. The van der Waals surface area contributed by atoms with Crippen molar-refractivity contribution in [2.45, 2.75) is 13.0 Å². The van der Waals surface area contributed by atoms with Crippen LogP contribution in [0.4, 0.5) is 0 Å². The van der Waals surface area contributed by atoms with Crippen LogP contribution in [-0.2, 0) is 4.74 Å². The maximum atomic E-state index is 6.85. The van der Waals surface area contributed by atoms with Gasteiger partial charge in [0.15, 0.2) is 0 Å². The molecule has 0 aromatic rings. The maximum Gasteiger partial charge on any atom is 0.0626 e. The van der Waals surface area contributed by atoms with Crippen LogP contribution in [0.15, 0.2) is 0 Å². The van der Waals surface area contributed by atoms with E-state index < -0.39 is 0 Å². The minimum atomic E-state index is -0.0741. The van der Waals surface area contributed by atoms with Crippen LogP contribution in [0.2, 0.25) is 0 Å². The van der Waals surface area contributed by atoms with Gasteiger partial charge in [0.1, 0.15) is 0 Å². The Morgan fingerprint density at radius 3 is 2.33 bits per heavy atom. The summed E-state index contributed by atoms with van der Waals surface area (Å²) in [4.78, 5) is 0. The summed E-state index contributed by atoms with van der Waals surface area (Å²) >= 11 is 0. The Kier molecular flexibility index (Phi) is 3.08. The summed E-state index contributed by atoms with van der Waals surface area (Å²) in [6.45, 7) is 2.34. The van der Waals surface area contributed by atoms with E-state index in [9.17, 15) is 0 Å². The topological polar surface area (TPSA) is 33.0 Å². The summed E-state index contributed by atoms with van der Waals surface area (Å²) in [5.41, 5.74) is 6.85. The lowest BCUT2D eigenvalue weighted by molar-refractivity contribution is 0.183. The van der Waals surface area contributed by atoms with E-state index in [2.05, 4.69) is 4.74 Å². The molecule has 1 unspecified atom stereocenters. The van der Waals surface area contributed by atoms with Gasteiger partial charge < -0.3 is 4.74 Å². The third-order valence-corrected chi connectivity index (χ3v) is 0.417. The van der Waals surface area contributed by atoms with Crippen LogP contribution in [0.1, 0.15) is 6.92 Å². The van der Waals surface area contributed by atoms with Crippen molar-refractivity contribution in [1.82, 2.24) is 5.73 Å². The predicted molar refractivity (Wildman–Crippen MR) is 24.4 cm³/mol. The molecule has 2 nitrogen and oxygen atoms in total. The van der Waals surface area contributed by atoms with E-state index in [1.807, 2.05) is 0 Å². The molecular formula is C4H10NO. The molecule has 37 valence electrons. The van der Waals surface area contributed by atoms with Crippen molar-refractivity contribution in [3.63, 3.8) is 0 Å². The summed E-state index contributed by atoms with van der Waals surface area (Å²) in [7, 11) is 1.60. The number of hydrogen-bond acceptors (Lipinski definition) is 1. The molecule has 0 aliphatic carbocycles. The third-order valence-electron chi connectivity index (χ3n) is 0.417. The lowest BCUT2D eigenvalue weighted by Crippen LogP contribution is -2.09. The van der Waals surface area contributed by atoms with Crippen molar-refractivity contribution >= 4 is 0 Å². The molecule has 2 heteroatoms. The van der Waals surface area contributed by atoms with Crippen molar-refractivity contribution in [3.8, 4) is 0 Å². The van der Waals surface area contributed by atoms with Gasteiger partial charge in [0, 0.05) is 13.2 Å². The Morgan fingerprint density at radius 1 is 1.83 bits per heavy atom. The van der Waals surface area contributed by atoms with Crippen LogP contribution >= 0.6 is 0 Å². The lowest BCUT2D eigenvalue weighted by Gasteiger charge is -1.97. The summed E-state index contributed by atoms with van der Waals surface area (Å²) in [5, 5.41) is 0. The highest BCUT2D eigenvalue weighted by atomic mass is 16.5. The second kappa shape index (κ2) is 3.12. The quantitative estimate of drug-likeness (QED) is 0.478. The fourth-order valence-corrected chi connectivity index (χ4v) is 0.250. The Labute approximate surface area is 38.3 Å². The highest BCUT2D eigenvalue weighted by Gasteiger charge is 1.87. The summed E-state index contributed by atoms with van der Waals surface area (Å²) in [5.74, 6) is 0. The Balaban J connectivity index is 2.63. The molecule has 0 bridgehead atoms. The van der Waals surface area contributed by atoms with E-state index in [4.69, 9.17) is 5.73 Å². The smallest absolute Gasteiger partial charge is 0.0626 e. The highest BCUT2D eigenvalue weighted by molar-refractivity contribution is 4.44. The number of ether oxygens (including phenoxy) is 1. The van der Waals surface area contributed by atoms with Gasteiger partial charge in [-0.2, -0.15) is 0 Å². The van der Waals surface area contributed by atoms with Gasteiger partial charge in [-0.25, -0.2) is 0 Å². The van der Waals surface area contributed by atoms with E-state index in [-0.39, 0.29) is 6.04 Å². The van der Waals surface area contributed by atoms with Crippen molar-refractivity contribution in [2.24, 2.45) is 0 Å². The van der Waals surface area contributed by atoms with Gasteiger partial charge in [-0.05, 0) is 6.92 Å². The third kappa shape index (κ3) is 3.92. The van der Waals surface area contributed by atoms with E-state index in [1.54, 1.807) is 14.0 Å². The normalized spacial score (nSPS) is 14.5. The molecule has 0 heterocycles. The molecular weight excluding hydrogens is 78.0 g/mol. The zero-order valence-electron chi connectivity index (χ0n) is 4.19. The van der Waals surface area contributed by atoms with Gasteiger partial charge in [0.25, 0.3) is 0 Å². The first-order chi connectivity index (χ1) is 2.77. The highest BCUT2D eigenvalue weighted by Crippen LogP contribution is 1.74. The van der Waals surface area contributed by atoms with Crippen LogP contribution in [0.25, 0.3) is 0 Å². The van der Waals surface area contributed by atoms with Gasteiger partial charge in [0.05, 0.1) is 6.61 Å². The second-order valence-electron chi connectivity index (χ2n) is 1.36. The zero-order valence-corrected chi connectivity index (χ0v) is 4.19. The standard InChI is InChI=1S/C4H10NO/c1-4(5)3-6-2/h4-5H,3H2,1-2H3. The fraction of sp³-hybridized carbons (Fsp3) is 1.00. The molecule has 0 saturated heterocycles. The summed E-state index contributed by atoms with van der Waals surface area (Å²) < 4.78 is 4.62. The van der Waals surface area contributed by atoms with Gasteiger partial charge in [0.2, 0.25) is 0 Å². The van der Waals surface area contributed by atoms with Gasteiger partial charge >= 0.3 is 0 Å². The number of nitrogens with one attached hydrogen (secondary N) is 1. The van der Waals surface area contributed by atoms with Crippen molar-refractivity contribution in [2.75, 3.05) is 13.7 Å². The Bertz CT molecular complexity index is 28.7. The Morgan fingerprint density at radius 2 is 2.33 bits per heavy atom. The second-order valence-corrected chi connectivity index (χ2v) is 1.36. The first-order valence-corrected chi connectivity index (χ1v) is 1.97. The first kappa shape index (κ1) is 5.92. The van der Waals surface area contributed by atoms with E-state index in [0.717, 1.165) is 0 Å². The molecule has 0 fully saturated rings. The molecule has 0 amide bonds. The molecule has 0 aromatic heterocycles. The monoisotopic (exact) mass is 88.1 g/mol. The van der Waals surface area contributed by atoms with Crippen LogP contribution < -0.4 is 5.73 Å². The predicted octanol–water partition coefficient (Wildman–Crippen LogP) is 0.304. The molecule has 1 N–H and O–H groups in total. The minimum absolute atomic E-state index is 0.0741. The fourth-order valence-electron chi connectivity index (χ4n) is 0.250. The molecule has 0 aromatic carbocycles. The molecule has 0 rings (SSSR count). The lowest BCUT2D eigenvalue weighted by atomic mass is 10.4. The molecule has 0 saturated carbocycles. The largest absolute Gasteiger partial charge is 0.383 e. The average molecular weight is 88.1 g/mol. The van der Waals surface area contributed by atoms with E-state index in [0.29, 0.717) is 6.61 Å². The maximum absolute atomic E-state index is 6.85. The minimum Gasteiger partial charge on any atom is -0.383 e. The zero-order chi connectivity index (χ0) is 4.99. The average Bonchev–Trinajstić information content (AvgIpc) is 1.35. The number of hydrogen-bond donors (Lipinski definition) is 0. The molecule has 6 heavy (non-hydrogen) atoms. The van der Waals surface area contributed by atoms with Gasteiger partial charge in [-0.1, -0.05) is 0 Å². The SMILES string of the molecule is COCC(C)[NH]. The van der Waals surface area contributed by atoms with Crippen molar-refractivity contribution < 1.29 is 4.74 Å². The van der Waals surface area contributed by atoms with E-state index >= 15 is 0 Å². The van der Waals surface area contributed by atoms with Crippen LogP contribution in [-0.4, -0.2) is 19.8 Å². The molecule has 1 atom stereocenters. The van der Waals surface area contributed by atoms with Crippen molar-refractivity contribution in [1.29, 1.82) is 0 Å². The van der Waals surface area contributed by atoms with Crippen LogP contribution in [0, 0.1) is 0 Å². The van der Waals surface area contributed by atoms with Crippen LogP contribution in [0.5, 0.6) is 0 Å². The molecule has 0 aliphatic rings. The molecule has 1 radical (unpaired) electrons. The molecule has 0 spiro atoms.